The molecule has 1 saturated heterocycles. The minimum Gasteiger partial charge on any atom is -0.387 e. The Morgan fingerprint density at radius 2 is 1.82 bits per heavy atom. The highest BCUT2D eigenvalue weighted by Crippen LogP contribution is 2.19. The van der Waals surface area contributed by atoms with Crippen LogP contribution in [0, 0.1) is 13.8 Å². The first-order valence-electron chi connectivity index (χ1n) is 7.82. The lowest BCUT2D eigenvalue weighted by atomic mass is 10.0. The van der Waals surface area contributed by atoms with E-state index in [0.29, 0.717) is 6.54 Å². The van der Waals surface area contributed by atoms with Crippen LogP contribution in [0.15, 0.2) is 18.2 Å². The zero-order valence-electron chi connectivity index (χ0n) is 14.0. The molecule has 0 saturated carbocycles. The molecule has 0 unspecified atom stereocenters. The second-order valence-corrected chi connectivity index (χ2v) is 6.32. The molecule has 1 aliphatic heterocycles. The van der Waals surface area contributed by atoms with Crippen molar-refractivity contribution in [2.24, 2.45) is 0 Å². The third kappa shape index (κ3) is 3.99. The van der Waals surface area contributed by atoms with Crippen LogP contribution >= 0.6 is 0 Å². The maximum Gasteiger partial charge on any atom is 0.319 e. The lowest BCUT2D eigenvalue weighted by Crippen LogP contribution is -2.52. The predicted octanol–water partition coefficient (Wildman–Crippen LogP) is 1.64. The molecule has 1 aromatic carbocycles. The summed E-state index contributed by atoms with van der Waals surface area (Å²) in [6.07, 6.45) is -0.476. The third-order valence-electron chi connectivity index (χ3n) is 4.37. The van der Waals surface area contributed by atoms with Gasteiger partial charge in [-0.25, -0.2) is 4.79 Å². The van der Waals surface area contributed by atoms with Crippen LogP contribution in [0.5, 0.6) is 0 Å². The van der Waals surface area contributed by atoms with Gasteiger partial charge in [0, 0.05) is 46.8 Å². The Morgan fingerprint density at radius 3 is 2.36 bits per heavy atom. The fraction of sp³-hybridized carbons (Fsp3) is 0.588. The number of hydrogen-bond donors (Lipinski definition) is 1. The molecule has 0 radical (unpaired) electrons. The predicted molar refractivity (Wildman–Crippen MR) is 88.0 cm³/mol. The summed E-state index contributed by atoms with van der Waals surface area (Å²) in [6, 6.07) is 6.18. The number of hydrogen-bond acceptors (Lipinski definition) is 3. The fourth-order valence-corrected chi connectivity index (χ4v) is 2.73. The van der Waals surface area contributed by atoms with Crippen molar-refractivity contribution in [1.82, 2.24) is 14.7 Å². The number of rotatable bonds is 3. The summed E-state index contributed by atoms with van der Waals surface area (Å²) in [7, 11) is 3.55. The average molecular weight is 305 g/mol. The van der Waals surface area contributed by atoms with Crippen molar-refractivity contribution in [3.05, 3.63) is 34.9 Å². The monoisotopic (exact) mass is 305 g/mol. The second-order valence-electron chi connectivity index (χ2n) is 6.32. The van der Waals surface area contributed by atoms with Gasteiger partial charge in [0.2, 0.25) is 0 Å². The smallest absolute Gasteiger partial charge is 0.319 e. The normalized spacial score (nSPS) is 17.4. The lowest BCUT2D eigenvalue weighted by Gasteiger charge is -2.36. The van der Waals surface area contributed by atoms with E-state index in [1.165, 1.54) is 11.1 Å². The minimum atomic E-state index is -0.476. The highest BCUT2D eigenvalue weighted by Gasteiger charge is 2.23. The van der Waals surface area contributed by atoms with E-state index in [2.05, 4.69) is 30.9 Å². The van der Waals surface area contributed by atoms with Crippen molar-refractivity contribution < 1.29 is 9.90 Å². The topological polar surface area (TPSA) is 47.0 Å². The fourth-order valence-electron chi connectivity index (χ4n) is 2.73. The molecule has 5 nitrogen and oxygen atoms in total. The van der Waals surface area contributed by atoms with E-state index in [9.17, 15) is 9.90 Å². The number of urea groups is 1. The van der Waals surface area contributed by atoms with Gasteiger partial charge in [0.25, 0.3) is 0 Å². The number of amides is 2. The number of β-amino-alcohol motifs (C(OH)–C–C–N with tert-alkyl or cyclic N) is 1. The van der Waals surface area contributed by atoms with Crippen molar-refractivity contribution in [3.8, 4) is 0 Å². The van der Waals surface area contributed by atoms with Gasteiger partial charge < -0.3 is 14.9 Å². The first-order chi connectivity index (χ1) is 10.4. The molecule has 0 spiro atoms. The Morgan fingerprint density at radius 1 is 1.18 bits per heavy atom. The maximum atomic E-state index is 11.9. The molecule has 1 heterocycles. The van der Waals surface area contributed by atoms with E-state index in [-0.39, 0.29) is 6.03 Å². The van der Waals surface area contributed by atoms with Crippen LogP contribution in [0.4, 0.5) is 4.79 Å². The van der Waals surface area contributed by atoms with Crippen molar-refractivity contribution in [2.75, 3.05) is 46.8 Å². The molecule has 1 atom stereocenters. The number of aryl methyl sites for hydroxylation is 2. The van der Waals surface area contributed by atoms with Gasteiger partial charge >= 0.3 is 6.03 Å². The molecule has 122 valence electrons. The Balaban J connectivity index is 1.87. The molecule has 0 aromatic heterocycles. The first-order valence-corrected chi connectivity index (χ1v) is 7.82. The maximum absolute atomic E-state index is 11.9. The van der Waals surface area contributed by atoms with Gasteiger partial charge in [0.1, 0.15) is 0 Å². The second kappa shape index (κ2) is 7.11. The molecule has 5 heteroatoms. The van der Waals surface area contributed by atoms with Crippen LogP contribution in [0.25, 0.3) is 0 Å². The summed E-state index contributed by atoms with van der Waals surface area (Å²) in [5, 5.41) is 10.4. The minimum absolute atomic E-state index is 0.0642. The van der Waals surface area contributed by atoms with Crippen molar-refractivity contribution in [3.63, 3.8) is 0 Å². The Hall–Kier alpha value is -1.59. The molecule has 0 aliphatic carbocycles. The highest BCUT2D eigenvalue weighted by atomic mass is 16.3. The summed E-state index contributed by atoms with van der Waals surface area (Å²) >= 11 is 0. The number of nitrogens with zero attached hydrogens (tertiary/aromatic N) is 3. The van der Waals surface area contributed by atoms with Crippen LogP contribution in [-0.2, 0) is 0 Å². The molecule has 22 heavy (non-hydrogen) atoms. The number of piperazine rings is 1. The van der Waals surface area contributed by atoms with Crippen LogP contribution in [0.1, 0.15) is 22.8 Å². The van der Waals surface area contributed by atoms with Crippen molar-refractivity contribution >= 4 is 6.03 Å². The number of aliphatic hydroxyl groups is 1. The Kier molecular flexibility index (Phi) is 5.42. The molecule has 1 N–H and O–H groups in total. The average Bonchev–Trinajstić information content (AvgIpc) is 2.50. The van der Waals surface area contributed by atoms with Gasteiger partial charge in [-0.05, 0) is 30.5 Å². The molecule has 0 bridgehead atoms. The first kappa shape index (κ1) is 16.8. The van der Waals surface area contributed by atoms with Gasteiger partial charge in [-0.1, -0.05) is 18.2 Å². The van der Waals surface area contributed by atoms with Gasteiger partial charge in [-0.15, -0.1) is 0 Å². The molecular weight excluding hydrogens is 278 g/mol. The molecule has 1 aromatic rings. The quantitative estimate of drug-likeness (QED) is 0.923. The van der Waals surface area contributed by atoms with Crippen LogP contribution in [-0.4, -0.2) is 72.7 Å². The van der Waals surface area contributed by atoms with E-state index in [1.807, 2.05) is 11.0 Å². The van der Waals surface area contributed by atoms with Crippen LogP contribution in [0.2, 0.25) is 0 Å². The number of carbonyl (C=O) groups excluding carboxylic acids is 1. The largest absolute Gasteiger partial charge is 0.387 e. The Bertz CT molecular complexity index is 523. The highest BCUT2D eigenvalue weighted by molar-refractivity contribution is 5.73. The molecule has 1 fully saturated rings. The van der Waals surface area contributed by atoms with Crippen LogP contribution in [0.3, 0.4) is 0 Å². The van der Waals surface area contributed by atoms with Crippen molar-refractivity contribution in [1.29, 1.82) is 0 Å². The number of aliphatic hydroxyl groups excluding tert-OH is 1. The molecule has 2 rings (SSSR count). The zero-order valence-corrected chi connectivity index (χ0v) is 14.0. The molecule has 2 amide bonds. The van der Waals surface area contributed by atoms with Crippen LogP contribution < -0.4 is 0 Å². The number of benzene rings is 1. The van der Waals surface area contributed by atoms with E-state index in [4.69, 9.17) is 0 Å². The van der Waals surface area contributed by atoms with Gasteiger partial charge in [0.15, 0.2) is 0 Å². The van der Waals surface area contributed by atoms with Gasteiger partial charge in [0.05, 0.1) is 6.10 Å². The van der Waals surface area contributed by atoms with Gasteiger partial charge in [-0.3, -0.25) is 4.90 Å². The molecular formula is C17H27N3O2. The summed E-state index contributed by atoms with van der Waals surface area (Å²) in [5.41, 5.74) is 3.42. The van der Waals surface area contributed by atoms with Gasteiger partial charge in [-0.2, -0.15) is 0 Å². The third-order valence-corrected chi connectivity index (χ3v) is 4.37. The summed E-state index contributed by atoms with van der Waals surface area (Å²) in [6.45, 7) is 7.81. The van der Waals surface area contributed by atoms with E-state index >= 15 is 0 Å². The summed E-state index contributed by atoms with van der Waals surface area (Å²) in [4.78, 5) is 17.6. The summed E-state index contributed by atoms with van der Waals surface area (Å²) in [5.74, 6) is 0. The van der Waals surface area contributed by atoms with E-state index in [1.54, 1.807) is 19.0 Å². The van der Waals surface area contributed by atoms with Crippen molar-refractivity contribution in [2.45, 2.75) is 20.0 Å². The number of carbonyl (C=O) groups is 1. The Labute approximate surface area is 133 Å². The lowest BCUT2D eigenvalue weighted by molar-refractivity contribution is 0.0762. The standard InChI is InChI=1S/C17H27N3O2/c1-13-5-6-15(11-14(13)2)16(21)12-19-7-9-20(10-8-19)17(22)18(3)4/h5-6,11,16,21H,7-10,12H2,1-4H3/t16-/m1/s1. The summed E-state index contributed by atoms with van der Waals surface area (Å²) < 4.78 is 0. The van der Waals surface area contributed by atoms with E-state index in [0.717, 1.165) is 31.7 Å². The van der Waals surface area contributed by atoms with E-state index < -0.39 is 6.10 Å². The zero-order chi connectivity index (χ0) is 16.3. The SMILES string of the molecule is Cc1ccc([C@H](O)CN2CCN(C(=O)N(C)C)CC2)cc1C. The molecule has 1 aliphatic rings.